The van der Waals surface area contributed by atoms with Gasteiger partial charge in [0.15, 0.2) is 5.16 Å². The molecule has 4 nitrogen and oxygen atoms in total. The highest BCUT2D eigenvalue weighted by atomic mass is 35.5. The molecule has 0 aliphatic heterocycles. The van der Waals surface area contributed by atoms with E-state index in [0.717, 1.165) is 18.0 Å². The van der Waals surface area contributed by atoms with Crippen molar-refractivity contribution < 1.29 is 26.3 Å². The normalized spacial score (nSPS) is 11.6. The van der Waals surface area contributed by atoms with Crippen LogP contribution in [-0.2, 0) is 18.1 Å². The van der Waals surface area contributed by atoms with E-state index in [2.05, 4.69) is 19.9 Å². The Morgan fingerprint density at radius 1 is 0.724 bits per heavy atom. The Hall–Kier alpha value is -2.40. The van der Waals surface area contributed by atoms with Crippen LogP contribution in [0.4, 0.5) is 26.3 Å². The van der Waals surface area contributed by atoms with E-state index in [-0.39, 0.29) is 5.28 Å². The van der Waals surface area contributed by atoms with Gasteiger partial charge >= 0.3 is 12.4 Å². The number of alkyl halides is 6. The van der Waals surface area contributed by atoms with Gasteiger partial charge in [0, 0.05) is 30.5 Å². The molecule has 0 unspecified atom stereocenters. The van der Waals surface area contributed by atoms with E-state index in [1.54, 1.807) is 0 Å². The molecule has 0 amide bonds. The minimum atomic E-state index is -4.40. The van der Waals surface area contributed by atoms with Gasteiger partial charge in [0.25, 0.3) is 0 Å². The lowest BCUT2D eigenvalue weighted by atomic mass is 10.2. The van der Waals surface area contributed by atoms with Crippen LogP contribution in [0, 0.1) is 0 Å². The molecule has 0 saturated heterocycles. The van der Waals surface area contributed by atoms with Gasteiger partial charge in [0.05, 0.1) is 11.1 Å². The fraction of sp³-hybridized carbons (Fsp3) is 0.176. The van der Waals surface area contributed by atoms with Crippen molar-refractivity contribution in [2.24, 2.45) is 0 Å². The van der Waals surface area contributed by atoms with Crippen molar-refractivity contribution in [3.8, 4) is 0 Å². The van der Waals surface area contributed by atoms with Crippen LogP contribution in [0.5, 0.6) is 0 Å². The van der Waals surface area contributed by atoms with Crippen molar-refractivity contribution in [3.05, 3.63) is 77.1 Å². The van der Waals surface area contributed by atoms with Gasteiger partial charge in [-0.25, -0.2) is 19.9 Å². The molecule has 2 heterocycles. The third-order valence-electron chi connectivity index (χ3n) is 3.11. The Morgan fingerprint density at radius 2 is 1.17 bits per heavy atom. The van der Waals surface area contributed by atoms with E-state index < -0.39 is 23.5 Å². The molecule has 0 bridgehead atoms. The molecule has 0 N–H and O–H groups in total. The first-order valence-electron chi connectivity index (χ1n) is 7.66. The second-order valence-corrected chi connectivity index (χ2v) is 6.55. The molecular formula is C17H11ClF6N4S. The summed E-state index contributed by atoms with van der Waals surface area (Å²) in [6, 6.07) is 9.60. The first-order chi connectivity index (χ1) is 13.6. The lowest BCUT2D eigenvalue weighted by Crippen LogP contribution is -2.06. The smallest absolute Gasteiger partial charge is 0.230 e. The van der Waals surface area contributed by atoms with Crippen LogP contribution in [0.25, 0.3) is 0 Å². The van der Waals surface area contributed by atoms with Crippen LogP contribution >= 0.6 is 23.4 Å². The standard InChI is InChI=1S/C12H9F3N2S.C5H2ClF3N2/c13-12(14,15)10-6-16-11(17-7-10)18-8-9-4-2-1-3-5-9;6-4-10-1-3(2-11-4)5(7,8)9/h1-7H,8H2;1-2H. The molecule has 12 heteroatoms. The maximum atomic E-state index is 12.3. The summed E-state index contributed by atoms with van der Waals surface area (Å²) in [4.78, 5) is 13.7. The Labute approximate surface area is 170 Å². The van der Waals surface area contributed by atoms with Crippen LogP contribution in [0.2, 0.25) is 5.28 Å². The predicted molar refractivity (Wildman–Crippen MR) is 95.1 cm³/mol. The predicted octanol–water partition coefficient (Wildman–Crippen LogP) is 5.94. The molecule has 0 spiro atoms. The maximum Gasteiger partial charge on any atom is 0.419 e. The molecule has 1 aromatic carbocycles. The Kier molecular flexibility index (Phi) is 7.80. The van der Waals surface area contributed by atoms with Gasteiger partial charge in [-0.15, -0.1) is 0 Å². The van der Waals surface area contributed by atoms with Crippen molar-refractivity contribution in [3.63, 3.8) is 0 Å². The second kappa shape index (κ2) is 9.88. The van der Waals surface area contributed by atoms with Gasteiger partial charge in [-0.05, 0) is 17.2 Å². The number of hydrogen-bond acceptors (Lipinski definition) is 5. The summed E-state index contributed by atoms with van der Waals surface area (Å²) >= 11 is 6.48. The molecule has 0 atom stereocenters. The van der Waals surface area contributed by atoms with Crippen molar-refractivity contribution in [2.45, 2.75) is 23.3 Å². The summed E-state index contributed by atoms with van der Waals surface area (Å²) < 4.78 is 72.2. The number of thioether (sulfide) groups is 1. The van der Waals surface area contributed by atoms with Gasteiger partial charge in [0.2, 0.25) is 5.28 Å². The molecule has 0 aliphatic rings. The average molecular weight is 453 g/mol. The number of rotatable bonds is 3. The van der Waals surface area contributed by atoms with Crippen LogP contribution in [0.1, 0.15) is 16.7 Å². The lowest BCUT2D eigenvalue weighted by molar-refractivity contribution is -0.139. The van der Waals surface area contributed by atoms with Crippen molar-refractivity contribution in [1.29, 1.82) is 0 Å². The minimum absolute atomic E-state index is 0.196. The van der Waals surface area contributed by atoms with Crippen LogP contribution in [0.15, 0.2) is 60.3 Å². The minimum Gasteiger partial charge on any atom is -0.230 e. The summed E-state index contributed by atoms with van der Waals surface area (Å²) in [6.07, 6.45) is -5.90. The topological polar surface area (TPSA) is 51.6 Å². The van der Waals surface area contributed by atoms with E-state index in [1.807, 2.05) is 30.3 Å². The molecule has 3 aromatic rings. The van der Waals surface area contributed by atoms with E-state index in [1.165, 1.54) is 11.8 Å². The molecule has 154 valence electrons. The summed E-state index contributed by atoms with van der Waals surface area (Å²) in [7, 11) is 0. The summed E-state index contributed by atoms with van der Waals surface area (Å²) in [5.74, 6) is 0.631. The first-order valence-corrected chi connectivity index (χ1v) is 9.03. The number of hydrogen-bond donors (Lipinski definition) is 0. The highest BCUT2D eigenvalue weighted by Crippen LogP contribution is 2.29. The third kappa shape index (κ3) is 7.86. The highest BCUT2D eigenvalue weighted by Gasteiger charge is 2.31. The molecule has 29 heavy (non-hydrogen) atoms. The van der Waals surface area contributed by atoms with Gasteiger partial charge in [-0.3, -0.25) is 0 Å². The summed E-state index contributed by atoms with van der Waals surface area (Å²) in [5, 5.41) is 0.143. The SMILES string of the molecule is FC(F)(F)c1cnc(Cl)nc1.FC(F)(F)c1cnc(SCc2ccccc2)nc1. The average Bonchev–Trinajstić information content (AvgIpc) is 2.67. The molecule has 0 saturated carbocycles. The fourth-order valence-electron chi connectivity index (χ4n) is 1.72. The quantitative estimate of drug-likeness (QED) is 0.280. The summed E-state index contributed by atoms with van der Waals surface area (Å²) in [5.41, 5.74) is -0.653. The largest absolute Gasteiger partial charge is 0.419 e. The Bertz CT molecular complexity index is 887. The fourth-order valence-corrected chi connectivity index (χ4v) is 2.56. The lowest BCUT2D eigenvalue weighted by Gasteiger charge is -2.05. The third-order valence-corrected chi connectivity index (χ3v) is 4.26. The van der Waals surface area contributed by atoms with E-state index in [0.29, 0.717) is 23.3 Å². The van der Waals surface area contributed by atoms with Crippen molar-refractivity contribution >= 4 is 23.4 Å². The first kappa shape index (κ1) is 22.9. The van der Waals surface area contributed by atoms with E-state index in [9.17, 15) is 26.3 Å². The zero-order valence-electron chi connectivity index (χ0n) is 14.2. The summed E-state index contributed by atoms with van der Waals surface area (Å²) in [6.45, 7) is 0. The van der Waals surface area contributed by atoms with E-state index in [4.69, 9.17) is 11.6 Å². The van der Waals surface area contributed by atoms with Gasteiger partial charge in [-0.2, -0.15) is 26.3 Å². The molecule has 0 fully saturated rings. The monoisotopic (exact) mass is 452 g/mol. The zero-order valence-corrected chi connectivity index (χ0v) is 15.8. The van der Waals surface area contributed by atoms with Crippen LogP contribution < -0.4 is 0 Å². The van der Waals surface area contributed by atoms with Gasteiger partial charge in [-0.1, -0.05) is 42.1 Å². The molecular weight excluding hydrogens is 442 g/mol. The van der Waals surface area contributed by atoms with Crippen LogP contribution in [-0.4, -0.2) is 19.9 Å². The van der Waals surface area contributed by atoms with Gasteiger partial charge < -0.3 is 0 Å². The molecule has 2 aromatic heterocycles. The zero-order chi connectivity index (χ0) is 21.5. The Morgan fingerprint density at radius 3 is 1.62 bits per heavy atom. The molecule has 0 aliphatic carbocycles. The molecule has 0 radical (unpaired) electrons. The Balaban J connectivity index is 0.000000234. The van der Waals surface area contributed by atoms with Gasteiger partial charge in [0.1, 0.15) is 0 Å². The number of benzene rings is 1. The van der Waals surface area contributed by atoms with Crippen LogP contribution in [0.3, 0.4) is 0 Å². The highest BCUT2D eigenvalue weighted by molar-refractivity contribution is 7.98. The van der Waals surface area contributed by atoms with E-state index >= 15 is 0 Å². The number of nitrogens with zero attached hydrogens (tertiary/aromatic N) is 4. The van der Waals surface area contributed by atoms with Crippen molar-refractivity contribution in [2.75, 3.05) is 0 Å². The number of halogens is 7. The second-order valence-electron chi connectivity index (χ2n) is 5.26. The van der Waals surface area contributed by atoms with Crippen molar-refractivity contribution in [1.82, 2.24) is 19.9 Å². The number of aromatic nitrogens is 4. The molecule has 3 rings (SSSR count). The maximum absolute atomic E-state index is 12.3.